The summed E-state index contributed by atoms with van der Waals surface area (Å²) in [4.78, 5) is 16.6. The Kier molecular flexibility index (Phi) is 5.38. The molecule has 0 bridgehead atoms. The van der Waals surface area contributed by atoms with Crippen LogP contribution in [0.1, 0.15) is 47.5 Å². The second kappa shape index (κ2) is 6.75. The zero-order valence-electron chi connectivity index (χ0n) is 15.1. The van der Waals surface area contributed by atoms with E-state index in [2.05, 4.69) is 44.8 Å². The predicted octanol–water partition coefficient (Wildman–Crippen LogP) is 2.31. The fourth-order valence-electron chi connectivity index (χ4n) is 3.28. The lowest BCUT2D eigenvalue weighted by Crippen LogP contribution is -2.59. The normalized spacial score (nSPS) is 28.3. The molecule has 22 heavy (non-hydrogen) atoms. The summed E-state index contributed by atoms with van der Waals surface area (Å²) in [7, 11) is 1.91. The van der Waals surface area contributed by atoms with Gasteiger partial charge < -0.3 is 15.0 Å². The Bertz CT molecular complexity index is 385. The Morgan fingerprint density at radius 2 is 1.86 bits per heavy atom. The first kappa shape index (κ1) is 17.5. The Morgan fingerprint density at radius 3 is 2.36 bits per heavy atom. The van der Waals surface area contributed by atoms with E-state index in [4.69, 9.17) is 4.74 Å². The minimum absolute atomic E-state index is 0.0434. The minimum atomic E-state index is -0.0639. The maximum atomic E-state index is 12.3. The van der Waals surface area contributed by atoms with Crippen molar-refractivity contribution in [3.05, 3.63) is 0 Å². The number of ether oxygens (including phenoxy) is 1. The Balaban J connectivity index is 1.84. The summed E-state index contributed by atoms with van der Waals surface area (Å²) >= 11 is 0. The molecule has 2 aliphatic rings. The highest BCUT2D eigenvalue weighted by molar-refractivity contribution is 5.74. The Morgan fingerprint density at radius 1 is 1.32 bits per heavy atom. The number of hydrogen-bond donors (Lipinski definition) is 1. The third-order valence-corrected chi connectivity index (χ3v) is 5.18. The molecule has 0 spiro atoms. The van der Waals surface area contributed by atoms with Gasteiger partial charge in [0.05, 0.1) is 12.2 Å². The molecule has 1 aliphatic carbocycles. The van der Waals surface area contributed by atoms with Gasteiger partial charge in [0.25, 0.3) is 0 Å². The highest BCUT2D eigenvalue weighted by atomic mass is 16.5. The molecule has 0 radical (unpaired) electrons. The molecule has 2 fully saturated rings. The summed E-state index contributed by atoms with van der Waals surface area (Å²) in [5, 5.41) is 3.12. The van der Waals surface area contributed by atoms with Crippen LogP contribution < -0.4 is 5.32 Å². The van der Waals surface area contributed by atoms with E-state index in [1.165, 1.54) is 12.8 Å². The quantitative estimate of drug-likeness (QED) is 0.847. The lowest BCUT2D eigenvalue weighted by atomic mass is 10.00. The monoisotopic (exact) mass is 311 g/mol. The zero-order chi connectivity index (χ0) is 16.5. The second-order valence-electron chi connectivity index (χ2n) is 7.82. The van der Waals surface area contributed by atoms with Gasteiger partial charge in [-0.15, -0.1) is 0 Å². The Hall–Kier alpha value is -0.810. The van der Waals surface area contributed by atoms with E-state index in [0.29, 0.717) is 18.5 Å². The van der Waals surface area contributed by atoms with Gasteiger partial charge in [-0.3, -0.25) is 4.90 Å². The minimum Gasteiger partial charge on any atom is -0.373 e. The summed E-state index contributed by atoms with van der Waals surface area (Å²) in [6.45, 7) is 13.3. The third kappa shape index (κ3) is 4.35. The van der Waals surface area contributed by atoms with E-state index < -0.39 is 0 Å². The van der Waals surface area contributed by atoms with E-state index in [1.807, 2.05) is 11.9 Å². The molecule has 3 atom stereocenters. The van der Waals surface area contributed by atoms with Crippen molar-refractivity contribution < 1.29 is 9.53 Å². The lowest BCUT2D eigenvalue weighted by molar-refractivity contribution is -0.0948. The average Bonchev–Trinajstić information content (AvgIpc) is 3.26. The molecular formula is C17H33N3O2. The molecule has 5 nitrogen and oxygen atoms in total. The van der Waals surface area contributed by atoms with Gasteiger partial charge >= 0.3 is 6.03 Å². The first-order valence-electron chi connectivity index (χ1n) is 8.62. The molecule has 2 rings (SSSR count). The van der Waals surface area contributed by atoms with Crippen molar-refractivity contribution in [2.45, 2.75) is 71.2 Å². The van der Waals surface area contributed by atoms with Crippen LogP contribution >= 0.6 is 0 Å². The first-order chi connectivity index (χ1) is 10.2. The number of urea groups is 1. The van der Waals surface area contributed by atoms with Crippen LogP contribution in [0.3, 0.4) is 0 Å². The van der Waals surface area contributed by atoms with Crippen molar-refractivity contribution >= 4 is 6.03 Å². The molecule has 0 aromatic rings. The number of hydrogen-bond acceptors (Lipinski definition) is 3. The van der Waals surface area contributed by atoms with Crippen molar-refractivity contribution in [1.29, 1.82) is 0 Å². The molecular weight excluding hydrogens is 278 g/mol. The molecule has 1 heterocycles. The third-order valence-electron chi connectivity index (χ3n) is 5.18. The van der Waals surface area contributed by atoms with Gasteiger partial charge in [-0.2, -0.15) is 0 Å². The van der Waals surface area contributed by atoms with E-state index >= 15 is 0 Å². The van der Waals surface area contributed by atoms with Crippen LogP contribution in [0.25, 0.3) is 0 Å². The maximum Gasteiger partial charge on any atom is 0.317 e. The van der Waals surface area contributed by atoms with Crippen LogP contribution in [0.15, 0.2) is 0 Å². The second-order valence-corrected chi connectivity index (χ2v) is 7.82. The summed E-state index contributed by atoms with van der Waals surface area (Å²) in [6, 6.07) is 0.383. The predicted molar refractivity (Wildman–Crippen MR) is 89.0 cm³/mol. The highest BCUT2D eigenvalue weighted by Gasteiger charge is 2.35. The van der Waals surface area contributed by atoms with Gasteiger partial charge in [0, 0.05) is 38.3 Å². The maximum absolute atomic E-state index is 12.3. The lowest BCUT2D eigenvalue weighted by Gasteiger charge is -2.45. The van der Waals surface area contributed by atoms with E-state index in [1.54, 1.807) is 0 Å². The number of rotatable bonds is 5. The van der Waals surface area contributed by atoms with Crippen LogP contribution in [0.5, 0.6) is 0 Å². The van der Waals surface area contributed by atoms with Gasteiger partial charge in [-0.25, -0.2) is 4.79 Å². The molecule has 2 amide bonds. The molecule has 1 saturated heterocycles. The van der Waals surface area contributed by atoms with Gasteiger partial charge in [0.2, 0.25) is 0 Å². The van der Waals surface area contributed by atoms with Gasteiger partial charge in [0.1, 0.15) is 0 Å². The van der Waals surface area contributed by atoms with Crippen LogP contribution in [-0.4, -0.2) is 66.3 Å². The number of nitrogens with one attached hydrogen (secondary N) is 1. The standard InChI is InChI=1S/C17H33N3O2/c1-12-9-20(10-13(2)22-12)17(4,5)11-18-16(21)19(6)14(3)15-7-8-15/h12-15H,7-11H2,1-6H3,(H,18,21). The van der Waals surface area contributed by atoms with Crippen molar-refractivity contribution in [3.8, 4) is 0 Å². The number of morpholine rings is 1. The summed E-state index contributed by atoms with van der Waals surface area (Å²) in [6.07, 6.45) is 3.01. The van der Waals surface area contributed by atoms with Crippen LogP contribution in [0.4, 0.5) is 4.79 Å². The van der Waals surface area contributed by atoms with Crippen molar-refractivity contribution in [1.82, 2.24) is 15.1 Å². The number of nitrogens with zero attached hydrogens (tertiary/aromatic N) is 2. The van der Waals surface area contributed by atoms with E-state index in [9.17, 15) is 4.79 Å². The van der Waals surface area contributed by atoms with Gasteiger partial charge in [0.15, 0.2) is 0 Å². The zero-order valence-corrected chi connectivity index (χ0v) is 15.1. The first-order valence-corrected chi connectivity index (χ1v) is 8.62. The largest absolute Gasteiger partial charge is 0.373 e. The SMILES string of the molecule is CC1CN(C(C)(C)CNC(=O)N(C)C(C)C2CC2)CC(C)O1. The summed E-state index contributed by atoms with van der Waals surface area (Å²) in [5.74, 6) is 0.699. The number of carbonyl (C=O) groups is 1. The fraction of sp³-hybridized carbons (Fsp3) is 0.941. The Labute approximate surface area is 135 Å². The summed E-state index contributed by atoms with van der Waals surface area (Å²) < 4.78 is 5.80. The number of carbonyl (C=O) groups excluding carboxylic acids is 1. The van der Waals surface area contributed by atoms with Crippen molar-refractivity contribution in [2.75, 3.05) is 26.7 Å². The van der Waals surface area contributed by atoms with Crippen molar-refractivity contribution in [3.63, 3.8) is 0 Å². The molecule has 0 aromatic carbocycles. The molecule has 0 aromatic heterocycles. The van der Waals surface area contributed by atoms with Crippen LogP contribution in [-0.2, 0) is 4.74 Å². The molecule has 1 aliphatic heterocycles. The topological polar surface area (TPSA) is 44.8 Å². The molecule has 1 saturated carbocycles. The molecule has 5 heteroatoms. The molecule has 128 valence electrons. The van der Waals surface area contributed by atoms with E-state index in [0.717, 1.165) is 13.1 Å². The van der Waals surface area contributed by atoms with Crippen LogP contribution in [0.2, 0.25) is 0 Å². The fourth-order valence-corrected chi connectivity index (χ4v) is 3.28. The van der Waals surface area contributed by atoms with Crippen molar-refractivity contribution in [2.24, 2.45) is 5.92 Å². The van der Waals surface area contributed by atoms with E-state index in [-0.39, 0.29) is 23.8 Å². The smallest absolute Gasteiger partial charge is 0.317 e. The number of amides is 2. The van der Waals surface area contributed by atoms with Crippen LogP contribution in [0, 0.1) is 5.92 Å². The van der Waals surface area contributed by atoms with Gasteiger partial charge in [-0.05, 0) is 53.4 Å². The average molecular weight is 311 g/mol. The molecule has 1 N–H and O–H groups in total. The summed E-state index contributed by atoms with van der Waals surface area (Å²) in [5.41, 5.74) is -0.0639. The van der Waals surface area contributed by atoms with Gasteiger partial charge in [-0.1, -0.05) is 0 Å². The highest BCUT2D eigenvalue weighted by Crippen LogP contribution is 2.34. The molecule has 3 unspecified atom stereocenters.